The highest BCUT2D eigenvalue weighted by Crippen LogP contribution is 2.18. The number of aliphatic hydroxyl groups is 1. The predicted octanol–water partition coefficient (Wildman–Crippen LogP) is 2.52. The maximum absolute atomic E-state index is 11.7. The van der Waals surface area contributed by atoms with Gasteiger partial charge in [0.1, 0.15) is 0 Å². The van der Waals surface area contributed by atoms with Crippen LogP contribution in [0.25, 0.3) is 0 Å². The number of aliphatic hydroxyl groups excluding tert-OH is 1. The Labute approximate surface area is 132 Å². The molecule has 21 heavy (non-hydrogen) atoms. The molecule has 0 fully saturated rings. The highest BCUT2D eigenvalue weighted by molar-refractivity contribution is 7.91. The molecule has 120 valence electrons. The first kappa shape index (κ1) is 18.4. The molecule has 0 aromatic heterocycles. The zero-order valence-electron chi connectivity index (χ0n) is 12.8. The van der Waals surface area contributed by atoms with Gasteiger partial charge in [-0.2, -0.15) is 0 Å². The summed E-state index contributed by atoms with van der Waals surface area (Å²) in [5.74, 6) is 0.263. The van der Waals surface area contributed by atoms with E-state index in [-0.39, 0.29) is 17.5 Å². The van der Waals surface area contributed by atoms with E-state index in [0.29, 0.717) is 18.1 Å². The van der Waals surface area contributed by atoms with Crippen molar-refractivity contribution in [3.05, 3.63) is 34.9 Å². The van der Waals surface area contributed by atoms with Crippen LogP contribution >= 0.6 is 11.6 Å². The number of hydrogen-bond donors (Lipinski definition) is 1. The first-order valence-electron chi connectivity index (χ1n) is 7.17. The highest BCUT2D eigenvalue weighted by atomic mass is 35.5. The monoisotopic (exact) mass is 333 g/mol. The second-order valence-corrected chi connectivity index (χ2v) is 8.04. The van der Waals surface area contributed by atoms with Gasteiger partial charge >= 0.3 is 0 Å². The summed E-state index contributed by atoms with van der Waals surface area (Å²) in [6, 6.07) is 6.92. The van der Waals surface area contributed by atoms with Crippen LogP contribution in [0.2, 0.25) is 5.02 Å². The Morgan fingerprint density at radius 1 is 1.24 bits per heavy atom. The summed E-state index contributed by atoms with van der Waals surface area (Å²) in [4.78, 5) is 1.98. The zero-order chi connectivity index (χ0) is 16.0. The number of likely N-dealkylation sites (N-methyl/N-ethyl adjacent to an activating group) is 1. The Bertz CT molecular complexity index is 530. The molecule has 0 amide bonds. The predicted molar refractivity (Wildman–Crippen MR) is 87.4 cm³/mol. The summed E-state index contributed by atoms with van der Waals surface area (Å²) in [5, 5.41) is 10.9. The first-order chi connectivity index (χ1) is 9.79. The second-order valence-electron chi connectivity index (χ2n) is 5.20. The largest absolute Gasteiger partial charge is 0.387 e. The molecule has 0 aliphatic carbocycles. The molecule has 0 aliphatic heterocycles. The average Bonchev–Trinajstić information content (AvgIpc) is 2.44. The number of halogens is 1. The van der Waals surface area contributed by atoms with E-state index >= 15 is 0 Å². The van der Waals surface area contributed by atoms with Gasteiger partial charge in [-0.05, 0) is 31.2 Å². The summed E-state index contributed by atoms with van der Waals surface area (Å²) < 4.78 is 23.4. The smallest absolute Gasteiger partial charge is 0.151 e. The van der Waals surface area contributed by atoms with Gasteiger partial charge in [0.25, 0.3) is 0 Å². The van der Waals surface area contributed by atoms with E-state index in [0.717, 1.165) is 5.56 Å². The van der Waals surface area contributed by atoms with E-state index in [1.54, 1.807) is 31.2 Å². The van der Waals surface area contributed by atoms with Crippen molar-refractivity contribution in [2.75, 3.05) is 24.6 Å². The Morgan fingerprint density at radius 2 is 1.81 bits per heavy atom. The van der Waals surface area contributed by atoms with Gasteiger partial charge in [0, 0.05) is 23.4 Å². The molecule has 1 aromatic carbocycles. The van der Waals surface area contributed by atoms with Crippen molar-refractivity contribution in [1.29, 1.82) is 0 Å². The fourth-order valence-electron chi connectivity index (χ4n) is 2.22. The van der Waals surface area contributed by atoms with Gasteiger partial charge in [0.15, 0.2) is 9.84 Å². The number of sulfone groups is 1. The van der Waals surface area contributed by atoms with Crippen molar-refractivity contribution in [3.63, 3.8) is 0 Å². The summed E-state index contributed by atoms with van der Waals surface area (Å²) in [5.41, 5.74) is 0.781. The molecular formula is C15H24ClNO3S. The molecule has 0 saturated carbocycles. The van der Waals surface area contributed by atoms with Gasteiger partial charge in [-0.1, -0.05) is 37.6 Å². The van der Waals surface area contributed by atoms with Crippen molar-refractivity contribution < 1.29 is 13.5 Å². The van der Waals surface area contributed by atoms with Crippen LogP contribution in [0, 0.1) is 0 Å². The van der Waals surface area contributed by atoms with Crippen LogP contribution in [-0.4, -0.2) is 49.1 Å². The van der Waals surface area contributed by atoms with Crippen molar-refractivity contribution in [3.8, 4) is 0 Å². The molecule has 6 heteroatoms. The molecule has 1 N–H and O–H groups in total. The van der Waals surface area contributed by atoms with Gasteiger partial charge in [0.2, 0.25) is 0 Å². The van der Waals surface area contributed by atoms with Crippen LogP contribution in [-0.2, 0) is 9.84 Å². The van der Waals surface area contributed by atoms with Gasteiger partial charge in [0.05, 0.1) is 11.9 Å². The lowest BCUT2D eigenvalue weighted by Gasteiger charge is -2.29. The van der Waals surface area contributed by atoms with E-state index in [4.69, 9.17) is 11.6 Å². The number of hydrogen-bond acceptors (Lipinski definition) is 4. The van der Waals surface area contributed by atoms with Gasteiger partial charge in [-0.3, -0.25) is 4.90 Å². The van der Waals surface area contributed by atoms with Gasteiger partial charge in [-0.25, -0.2) is 8.42 Å². The first-order valence-corrected chi connectivity index (χ1v) is 9.37. The topological polar surface area (TPSA) is 57.6 Å². The number of nitrogens with zero attached hydrogens (tertiary/aromatic N) is 1. The number of rotatable bonds is 8. The minimum absolute atomic E-state index is 0.116. The van der Waals surface area contributed by atoms with Crippen LogP contribution in [0.3, 0.4) is 0 Å². The Kier molecular flexibility index (Phi) is 7.13. The molecule has 2 unspecified atom stereocenters. The van der Waals surface area contributed by atoms with Gasteiger partial charge < -0.3 is 5.11 Å². The third kappa shape index (κ3) is 5.94. The molecule has 0 radical (unpaired) electrons. The second kappa shape index (κ2) is 8.13. The molecule has 1 aromatic rings. The van der Waals surface area contributed by atoms with E-state index in [1.807, 2.05) is 18.7 Å². The summed E-state index contributed by atoms with van der Waals surface area (Å²) in [6.07, 6.45) is -0.658. The maximum Gasteiger partial charge on any atom is 0.151 e. The lowest BCUT2D eigenvalue weighted by Crippen LogP contribution is -2.40. The van der Waals surface area contributed by atoms with Gasteiger partial charge in [-0.15, -0.1) is 0 Å². The lowest BCUT2D eigenvalue weighted by molar-refractivity contribution is 0.0998. The Morgan fingerprint density at radius 3 is 2.29 bits per heavy atom. The maximum atomic E-state index is 11.7. The molecule has 1 rings (SSSR count). The molecule has 4 nitrogen and oxygen atoms in total. The number of benzene rings is 1. The summed E-state index contributed by atoms with van der Waals surface area (Å²) in [6.45, 7) is 6.58. The molecule has 2 atom stereocenters. The standard InChI is InChI=1S/C15H24ClNO3S/c1-4-17(12(3)11-21(19,20)5-2)10-15(18)13-6-8-14(16)9-7-13/h6-9,12,15,18H,4-5,10-11H2,1-3H3. The lowest BCUT2D eigenvalue weighted by atomic mass is 10.1. The van der Waals surface area contributed by atoms with Crippen molar-refractivity contribution in [2.45, 2.75) is 32.9 Å². The van der Waals surface area contributed by atoms with E-state index in [9.17, 15) is 13.5 Å². The van der Waals surface area contributed by atoms with Crippen LogP contribution in [0.15, 0.2) is 24.3 Å². The van der Waals surface area contributed by atoms with E-state index in [1.165, 1.54) is 0 Å². The SMILES string of the molecule is CCN(CC(O)c1ccc(Cl)cc1)C(C)CS(=O)(=O)CC. The van der Waals surface area contributed by atoms with Crippen molar-refractivity contribution in [2.24, 2.45) is 0 Å². The zero-order valence-corrected chi connectivity index (χ0v) is 14.4. The molecule has 0 saturated heterocycles. The van der Waals surface area contributed by atoms with Crippen LogP contribution in [0.5, 0.6) is 0 Å². The van der Waals surface area contributed by atoms with Crippen LogP contribution < -0.4 is 0 Å². The molecular weight excluding hydrogens is 310 g/mol. The third-order valence-corrected chi connectivity index (χ3v) is 5.75. The Balaban J connectivity index is 2.70. The minimum Gasteiger partial charge on any atom is -0.387 e. The molecule has 0 aliphatic rings. The fraction of sp³-hybridized carbons (Fsp3) is 0.600. The average molecular weight is 334 g/mol. The van der Waals surface area contributed by atoms with E-state index < -0.39 is 15.9 Å². The summed E-state index contributed by atoms with van der Waals surface area (Å²) in [7, 11) is -3.02. The highest BCUT2D eigenvalue weighted by Gasteiger charge is 2.21. The molecule has 0 bridgehead atoms. The van der Waals surface area contributed by atoms with Crippen LogP contribution in [0.4, 0.5) is 0 Å². The fourth-order valence-corrected chi connectivity index (χ4v) is 3.53. The quantitative estimate of drug-likeness (QED) is 0.794. The third-order valence-electron chi connectivity index (χ3n) is 3.63. The van der Waals surface area contributed by atoms with Crippen LogP contribution in [0.1, 0.15) is 32.4 Å². The normalized spacial score (nSPS) is 15.1. The summed E-state index contributed by atoms with van der Waals surface area (Å²) >= 11 is 5.83. The molecule has 0 heterocycles. The van der Waals surface area contributed by atoms with Crippen molar-refractivity contribution >= 4 is 21.4 Å². The molecule has 0 spiro atoms. The minimum atomic E-state index is -3.02. The Hall–Kier alpha value is -0.620. The van der Waals surface area contributed by atoms with Crippen molar-refractivity contribution in [1.82, 2.24) is 4.90 Å². The van der Waals surface area contributed by atoms with E-state index in [2.05, 4.69) is 0 Å².